The van der Waals surface area contributed by atoms with Crippen LogP contribution in [0.15, 0.2) is 24.3 Å². The zero-order valence-corrected chi connectivity index (χ0v) is 17.2. The average molecular weight is 385 g/mol. The van der Waals surface area contributed by atoms with E-state index in [1.807, 2.05) is 16.7 Å². The molecule has 0 radical (unpaired) electrons. The Morgan fingerprint density at radius 2 is 2.04 bits per heavy atom. The van der Waals surface area contributed by atoms with Crippen molar-refractivity contribution in [3.63, 3.8) is 0 Å². The Morgan fingerprint density at radius 3 is 2.70 bits per heavy atom. The quantitative estimate of drug-likeness (QED) is 0.784. The summed E-state index contributed by atoms with van der Waals surface area (Å²) >= 11 is 1.98. The molecule has 6 heteroatoms. The Morgan fingerprint density at radius 1 is 1.26 bits per heavy atom. The highest BCUT2D eigenvalue weighted by atomic mass is 32.2. The van der Waals surface area contributed by atoms with Gasteiger partial charge in [-0.05, 0) is 25.0 Å². The van der Waals surface area contributed by atoms with Gasteiger partial charge in [0.2, 0.25) is 5.91 Å². The summed E-state index contributed by atoms with van der Waals surface area (Å²) in [6, 6.07) is 8.78. The third-order valence-corrected chi connectivity index (χ3v) is 6.53. The van der Waals surface area contributed by atoms with Crippen molar-refractivity contribution in [1.82, 2.24) is 19.7 Å². The normalized spacial score (nSPS) is 23.0. The van der Waals surface area contributed by atoms with Crippen LogP contribution >= 0.6 is 11.8 Å². The van der Waals surface area contributed by atoms with Crippen molar-refractivity contribution in [2.75, 3.05) is 24.6 Å². The molecule has 1 amide bonds. The molecule has 2 atom stereocenters. The molecule has 0 saturated carbocycles. The molecule has 2 fully saturated rings. The van der Waals surface area contributed by atoms with Gasteiger partial charge in [0.15, 0.2) is 5.82 Å². The molecular formula is C21H28N4OS. The van der Waals surface area contributed by atoms with E-state index >= 15 is 0 Å². The van der Waals surface area contributed by atoms with E-state index in [1.165, 1.54) is 11.3 Å². The van der Waals surface area contributed by atoms with Crippen molar-refractivity contribution in [3.05, 3.63) is 35.7 Å². The molecule has 1 aromatic carbocycles. The number of hydrogen-bond acceptors (Lipinski definition) is 4. The van der Waals surface area contributed by atoms with E-state index < -0.39 is 0 Å². The van der Waals surface area contributed by atoms with E-state index in [9.17, 15) is 4.79 Å². The van der Waals surface area contributed by atoms with E-state index in [0.717, 1.165) is 42.5 Å². The number of amides is 1. The number of rotatable bonds is 5. The second kappa shape index (κ2) is 7.66. The molecule has 0 N–H and O–H groups in total. The lowest BCUT2D eigenvalue weighted by atomic mass is 10.1. The van der Waals surface area contributed by atoms with Gasteiger partial charge in [0.1, 0.15) is 5.82 Å². The molecular weight excluding hydrogens is 356 g/mol. The highest BCUT2D eigenvalue weighted by molar-refractivity contribution is 7.99. The molecule has 0 spiro atoms. The van der Waals surface area contributed by atoms with Crippen molar-refractivity contribution in [3.8, 4) is 11.4 Å². The standard InChI is InChI=1S/C21H28N4OS/c1-14(2)11-24-12-17(10-19(24)26)21-22-20(16-6-4-15(3)5-7-16)23-25(21)18-8-9-27-13-18/h4-7,14,17-18H,8-13H2,1-3H3. The van der Waals surface area contributed by atoms with Gasteiger partial charge < -0.3 is 4.90 Å². The van der Waals surface area contributed by atoms with E-state index in [2.05, 4.69) is 49.7 Å². The van der Waals surface area contributed by atoms with E-state index in [0.29, 0.717) is 18.4 Å². The van der Waals surface area contributed by atoms with Crippen molar-refractivity contribution in [2.45, 2.75) is 45.6 Å². The Bertz CT molecular complexity index is 808. The first-order chi connectivity index (χ1) is 13.0. The molecule has 0 aliphatic carbocycles. The molecule has 2 unspecified atom stereocenters. The molecule has 1 aromatic heterocycles. The second-order valence-electron chi connectivity index (χ2n) is 8.22. The zero-order chi connectivity index (χ0) is 19.0. The monoisotopic (exact) mass is 384 g/mol. The Hall–Kier alpha value is -1.82. The first-order valence-corrected chi connectivity index (χ1v) is 11.1. The maximum absolute atomic E-state index is 12.5. The minimum atomic E-state index is 0.147. The summed E-state index contributed by atoms with van der Waals surface area (Å²) in [5, 5.41) is 4.91. The van der Waals surface area contributed by atoms with Crippen LogP contribution in [0.4, 0.5) is 0 Å². The third-order valence-electron chi connectivity index (χ3n) is 5.38. The Kier molecular flexibility index (Phi) is 5.26. The lowest BCUT2D eigenvalue weighted by molar-refractivity contribution is -0.128. The van der Waals surface area contributed by atoms with Crippen LogP contribution in [0.3, 0.4) is 0 Å². The van der Waals surface area contributed by atoms with Crippen molar-refractivity contribution in [2.24, 2.45) is 5.92 Å². The summed E-state index contributed by atoms with van der Waals surface area (Å²) in [4.78, 5) is 19.5. The van der Waals surface area contributed by atoms with Gasteiger partial charge in [0.05, 0.1) is 6.04 Å². The van der Waals surface area contributed by atoms with Crippen molar-refractivity contribution >= 4 is 17.7 Å². The molecule has 0 bridgehead atoms. The molecule has 27 heavy (non-hydrogen) atoms. The molecule has 2 aromatic rings. The predicted molar refractivity (Wildman–Crippen MR) is 110 cm³/mol. The van der Waals surface area contributed by atoms with Gasteiger partial charge in [-0.3, -0.25) is 4.79 Å². The van der Waals surface area contributed by atoms with Crippen LogP contribution in [0.25, 0.3) is 11.4 Å². The number of thioether (sulfide) groups is 1. The SMILES string of the molecule is Cc1ccc(-c2nc(C3CC(=O)N(CC(C)C)C3)n(C3CCSC3)n2)cc1. The minimum absolute atomic E-state index is 0.147. The first kappa shape index (κ1) is 18.5. The van der Waals surface area contributed by atoms with Crippen LogP contribution in [0.1, 0.15) is 50.0 Å². The van der Waals surface area contributed by atoms with Crippen LogP contribution < -0.4 is 0 Å². The van der Waals surface area contributed by atoms with Crippen molar-refractivity contribution in [1.29, 1.82) is 0 Å². The minimum Gasteiger partial charge on any atom is -0.342 e. The number of likely N-dealkylation sites (tertiary alicyclic amines) is 1. The fourth-order valence-corrected chi connectivity index (χ4v) is 5.17. The van der Waals surface area contributed by atoms with Gasteiger partial charge in [-0.1, -0.05) is 43.7 Å². The number of carbonyl (C=O) groups excluding carboxylic acids is 1. The van der Waals surface area contributed by atoms with E-state index in [-0.39, 0.29) is 11.8 Å². The number of benzene rings is 1. The molecule has 2 aliphatic heterocycles. The van der Waals surface area contributed by atoms with Crippen LogP contribution in [0, 0.1) is 12.8 Å². The zero-order valence-electron chi connectivity index (χ0n) is 16.4. The van der Waals surface area contributed by atoms with Gasteiger partial charge >= 0.3 is 0 Å². The van der Waals surface area contributed by atoms with Gasteiger partial charge in [-0.25, -0.2) is 9.67 Å². The van der Waals surface area contributed by atoms with Crippen LogP contribution in [0.5, 0.6) is 0 Å². The summed E-state index contributed by atoms with van der Waals surface area (Å²) < 4.78 is 2.14. The fraction of sp³-hybridized carbons (Fsp3) is 0.571. The topological polar surface area (TPSA) is 51.0 Å². The number of nitrogens with zero attached hydrogens (tertiary/aromatic N) is 4. The number of hydrogen-bond donors (Lipinski definition) is 0. The smallest absolute Gasteiger partial charge is 0.223 e. The molecule has 3 heterocycles. The summed E-state index contributed by atoms with van der Waals surface area (Å²) in [5.74, 6) is 4.93. The van der Waals surface area contributed by atoms with Gasteiger partial charge in [0, 0.05) is 36.7 Å². The van der Waals surface area contributed by atoms with E-state index in [1.54, 1.807) is 0 Å². The first-order valence-electron chi connectivity index (χ1n) is 9.90. The van der Waals surface area contributed by atoms with E-state index in [4.69, 9.17) is 10.1 Å². The summed E-state index contributed by atoms with van der Waals surface area (Å²) in [5.41, 5.74) is 2.28. The third kappa shape index (κ3) is 3.91. The Balaban J connectivity index is 1.66. The lowest BCUT2D eigenvalue weighted by Gasteiger charge is -2.19. The predicted octanol–water partition coefficient (Wildman–Crippen LogP) is 3.90. The maximum atomic E-state index is 12.5. The molecule has 5 nitrogen and oxygen atoms in total. The van der Waals surface area contributed by atoms with Crippen molar-refractivity contribution < 1.29 is 4.79 Å². The summed E-state index contributed by atoms with van der Waals surface area (Å²) in [7, 11) is 0. The molecule has 144 valence electrons. The summed E-state index contributed by atoms with van der Waals surface area (Å²) in [6.07, 6.45) is 1.68. The summed E-state index contributed by atoms with van der Waals surface area (Å²) in [6.45, 7) is 8.00. The van der Waals surface area contributed by atoms with Gasteiger partial charge in [-0.2, -0.15) is 16.9 Å². The van der Waals surface area contributed by atoms with Crippen LogP contribution in [-0.4, -0.2) is 50.2 Å². The number of carbonyl (C=O) groups is 1. The number of aromatic nitrogens is 3. The van der Waals surface area contributed by atoms with Gasteiger partial charge in [0.25, 0.3) is 0 Å². The molecule has 2 aliphatic rings. The highest BCUT2D eigenvalue weighted by Gasteiger charge is 2.36. The fourth-order valence-electron chi connectivity index (χ4n) is 3.98. The average Bonchev–Trinajstić information content (AvgIpc) is 3.35. The number of aryl methyl sites for hydroxylation is 1. The molecule has 2 saturated heterocycles. The lowest BCUT2D eigenvalue weighted by Crippen LogP contribution is -2.29. The largest absolute Gasteiger partial charge is 0.342 e. The maximum Gasteiger partial charge on any atom is 0.223 e. The van der Waals surface area contributed by atoms with Gasteiger partial charge in [-0.15, -0.1) is 0 Å². The highest BCUT2D eigenvalue weighted by Crippen LogP contribution is 2.35. The Labute approximate surface area is 165 Å². The molecule has 4 rings (SSSR count). The van der Waals surface area contributed by atoms with Crippen LogP contribution in [0.2, 0.25) is 0 Å². The van der Waals surface area contributed by atoms with Crippen LogP contribution in [-0.2, 0) is 4.79 Å². The second-order valence-corrected chi connectivity index (χ2v) is 9.37.